The van der Waals surface area contributed by atoms with Crippen LogP contribution in [0.1, 0.15) is 11.1 Å². The fourth-order valence-corrected chi connectivity index (χ4v) is 3.84. The van der Waals surface area contributed by atoms with E-state index in [1.807, 2.05) is 6.07 Å². The average Bonchev–Trinajstić information content (AvgIpc) is 2.93. The number of nitrogens with zero attached hydrogens (tertiary/aromatic N) is 1. The molecule has 1 aliphatic heterocycles. The second-order valence-electron chi connectivity index (χ2n) is 5.78. The second kappa shape index (κ2) is 6.45. The van der Waals surface area contributed by atoms with Gasteiger partial charge in [-0.05, 0) is 41.8 Å². The lowest BCUT2D eigenvalue weighted by Crippen LogP contribution is -2.27. The van der Waals surface area contributed by atoms with Crippen molar-refractivity contribution in [2.45, 2.75) is 12.8 Å². The normalized spacial score (nSPS) is 13.7. The number of hydrogen-bond donors (Lipinski definition) is 1. The van der Waals surface area contributed by atoms with Crippen molar-refractivity contribution in [1.29, 1.82) is 0 Å². The van der Waals surface area contributed by atoms with Gasteiger partial charge < -0.3 is 5.32 Å². The van der Waals surface area contributed by atoms with Crippen LogP contribution in [0.4, 0.5) is 11.4 Å². The zero-order chi connectivity index (χ0) is 17.3. The molecule has 1 N–H and O–H groups in total. The van der Waals surface area contributed by atoms with Gasteiger partial charge in [0.05, 0.1) is 18.4 Å². The maximum Gasteiger partial charge on any atom is 0.232 e. The van der Waals surface area contributed by atoms with Gasteiger partial charge in [0.2, 0.25) is 15.9 Å². The number of anilines is 2. The maximum atomic E-state index is 12.2. The molecule has 1 heterocycles. The van der Waals surface area contributed by atoms with Crippen LogP contribution < -0.4 is 9.62 Å². The van der Waals surface area contributed by atoms with Crippen molar-refractivity contribution in [2.75, 3.05) is 22.4 Å². The van der Waals surface area contributed by atoms with Crippen molar-refractivity contribution in [2.24, 2.45) is 0 Å². The Morgan fingerprint density at radius 2 is 1.92 bits per heavy atom. The van der Waals surface area contributed by atoms with Crippen LogP contribution >= 0.6 is 11.6 Å². The summed E-state index contributed by atoms with van der Waals surface area (Å²) in [6.45, 7) is 0.441. The van der Waals surface area contributed by atoms with Crippen molar-refractivity contribution in [3.8, 4) is 0 Å². The number of nitrogens with one attached hydrogen (secondary N) is 1. The highest BCUT2D eigenvalue weighted by molar-refractivity contribution is 7.92. The monoisotopic (exact) mass is 364 g/mol. The first-order chi connectivity index (χ1) is 11.3. The van der Waals surface area contributed by atoms with E-state index in [-0.39, 0.29) is 12.3 Å². The van der Waals surface area contributed by atoms with Gasteiger partial charge in [0.15, 0.2) is 0 Å². The van der Waals surface area contributed by atoms with Gasteiger partial charge in [-0.1, -0.05) is 29.8 Å². The highest BCUT2D eigenvalue weighted by Crippen LogP contribution is 2.32. The van der Waals surface area contributed by atoms with E-state index in [4.69, 9.17) is 11.6 Å². The maximum absolute atomic E-state index is 12.2. The van der Waals surface area contributed by atoms with Crippen LogP contribution in [-0.2, 0) is 27.7 Å². The summed E-state index contributed by atoms with van der Waals surface area (Å²) in [5, 5.41) is 3.44. The Morgan fingerprint density at radius 3 is 2.58 bits per heavy atom. The third kappa shape index (κ3) is 3.71. The molecule has 0 unspecified atom stereocenters. The summed E-state index contributed by atoms with van der Waals surface area (Å²) < 4.78 is 25.0. The molecule has 3 rings (SSSR count). The molecule has 0 saturated carbocycles. The molecule has 0 spiro atoms. The Bertz CT molecular complexity index is 879. The molecule has 2 aromatic rings. The largest absolute Gasteiger partial charge is 0.326 e. The van der Waals surface area contributed by atoms with E-state index in [0.29, 0.717) is 29.4 Å². The van der Waals surface area contributed by atoms with Crippen molar-refractivity contribution in [1.82, 2.24) is 0 Å². The van der Waals surface area contributed by atoms with Crippen molar-refractivity contribution >= 4 is 38.9 Å². The third-order valence-electron chi connectivity index (χ3n) is 3.90. The Kier molecular flexibility index (Phi) is 4.51. The number of hydrogen-bond acceptors (Lipinski definition) is 3. The number of rotatable bonds is 4. The van der Waals surface area contributed by atoms with Crippen LogP contribution in [0, 0.1) is 0 Å². The van der Waals surface area contributed by atoms with Gasteiger partial charge in [0.1, 0.15) is 0 Å². The van der Waals surface area contributed by atoms with Gasteiger partial charge >= 0.3 is 0 Å². The lowest BCUT2D eigenvalue weighted by molar-refractivity contribution is -0.115. The first-order valence-corrected chi connectivity index (χ1v) is 9.70. The summed E-state index contributed by atoms with van der Waals surface area (Å²) in [5.74, 6) is -0.166. The average molecular weight is 365 g/mol. The topological polar surface area (TPSA) is 66.5 Å². The van der Waals surface area contributed by atoms with E-state index in [1.54, 1.807) is 36.4 Å². The van der Waals surface area contributed by atoms with E-state index < -0.39 is 10.0 Å². The summed E-state index contributed by atoms with van der Waals surface area (Å²) in [6, 6.07) is 12.4. The summed E-state index contributed by atoms with van der Waals surface area (Å²) >= 11 is 5.83. The molecule has 0 bridgehead atoms. The van der Waals surface area contributed by atoms with Crippen LogP contribution in [0.3, 0.4) is 0 Å². The molecule has 0 aromatic heterocycles. The Morgan fingerprint density at radius 1 is 1.21 bits per heavy atom. The molecule has 0 aliphatic carbocycles. The number of halogens is 1. The molecule has 1 amide bonds. The molecule has 0 radical (unpaired) electrons. The van der Waals surface area contributed by atoms with Crippen LogP contribution in [-0.4, -0.2) is 27.1 Å². The molecular formula is C17H17ClN2O3S. The zero-order valence-corrected chi connectivity index (χ0v) is 14.7. The summed E-state index contributed by atoms with van der Waals surface area (Å²) in [6.07, 6.45) is 2.10. The molecule has 5 nitrogen and oxygen atoms in total. The number of amides is 1. The smallest absolute Gasteiger partial charge is 0.232 e. The standard InChI is InChI=1S/C17H17ClN2O3S/c1-24(22,23)20-9-8-13-4-7-15(11-16(13)20)19-17(21)10-12-2-5-14(18)6-3-12/h2-7,11H,8-10H2,1H3,(H,19,21). The van der Waals surface area contributed by atoms with Gasteiger partial charge in [-0.3, -0.25) is 9.10 Å². The number of carbonyl (C=O) groups is 1. The van der Waals surface area contributed by atoms with Gasteiger partial charge in [-0.15, -0.1) is 0 Å². The minimum Gasteiger partial charge on any atom is -0.326 e. The van der Waals surface area contributed by atoms with Gasteiger partial charge in [0.25, 0.3) is 0 Å². The van der Waals surface area contributed by atoms with Crippen molar-refractivity contribution in [3.05, 3.63) is 58.6 Å². The minimum atomic E-state index is -3.31. The predicted molar refractivity (Wildman–Crippen MR) is 96.1 cm³/mol. The highest BCUT2D eigenvalue weighted by Gasteiger charge is 2.26. The van der Waals surface area contributed by atoms with Gasteiger partial charge in [0, 0.05) is 17.3 Å². The molecule has 0 saturated heterocycles. The predicted octanol–water partition coefficient (Wildman–Crippen LogP) is 2.84. The van der Waals surface area contributed by atoms with Gasteiger partial charge in [-0.25, -0.2) is 8.42 Å². The molecule has 126 valence electrons. The SMILES string of the molecule is CS(=O)(=O)N1CCc2ccc(NC(=O)Cc3ccc(Cl)cc3)cc21. The summed E-state index contributed by atoms with van der Waals surface area (Å²) in [4.78, 5) is 12.2. The van der Waals surface area contributed by atoms with Crippen LogP contribution in [0.25, 0.3) is 0 Å². The number of benzene rings is 2. The lowest BCUT2D eigenvalue weighted by Gasteiger charge is -2.17. The van der Waals surface area contributed by atoms with Gasteiger partial charge in [-0.2, -0.15) is 0 Å². The van der Waals surface area contributed by atoms with Crippen LogP contribution in [0.2, 0.25) is 5.02 Å². The number of sulfonamides is 1. The highest BCUT2D eigenvalue weighted by atomic mass is 35.5. The first kappa shape index (κ1) is 16.8. The number of fused-ring (bicyclic) bond motifs is 1. The second-order valence-corrected chi connectivity index (χ2v) is 8.12. The molecule has 24 heavy (non-hydrogen) atoms. The first-order valence-electron chi connectivity index (χ1n) is 7.48. The Balaban J connectivity index is 1.74. The minimum absolute atomic E-state index is 0.166. The molecule has 2 aromatic carbocycles. The van der Waals surface area contributed by atoms with E-state index in [0.717, 1.165) is 11.1 Å². The van der Waals surface area contributed by atoms with Crippen LogP contribution in [0.5, 0.6) is 0 Å². The lowest BCUT2D eigenvalue weighted by atomic mass is 10.1. The molecule has 0 atom stereocenters. The fourth-order valence-electron chi connectivity index (χ4n) is 2.76. The summed E-state index contributed by atoms with van der Waals surface area (Å²) in [7, 11) is -3.31. The summed E-state index contributed by atoms with van der Waals surface area (Å²) in [5.41, 5.74) is 3.05. The quantitative estimate of drug-likeness (QED) is 0.907. The zero-order valence-electron chi connectivity index (χ0n) is 13.1. The molecule has 0 fully saturated rings. The molecule has 1 aliphatic rings. The fraction of sp³-hybridized carbons (Fsp3) is 0.235. The Labute approximate surface area is 146 Å². The van der Waals surface area contributed by atoms with E-state index in [2.05, 4.69) is 5.32 Å². The van der Waals surface area contributed by atoms with E-state index in [9.17, 15) is 13.2 Å². The van der Waals surface area contributed by atoms with E-state index in [1.165, 1.54) is 10.6 Å². The molecular weight excluding hydrogens is 348 g/mol. The van der Waals surface area contributed by atoms with Crippen molar-refractivity contribution in [3.63, 3.8) is 0 Å². The van der Waals surface area contributed by atoms with Crippen molar-refractivity contribution < 1.29 is 13.2 Å². The molecule has 7 heteroatoms. The van der Waals surface area contributed by atoms with Crippen LogP contribution in [0.15, 0.2) is 42.5 Å². The third-order valence-corrected chi connectivity index (χ3v) is 5.33. The number of carbonyl (C=O) groups excluding carboxylic acids is 1. The Hall–Kier alpha value is -2.05. The van der Waals surface area contributed by atoms with E-state index >= 15 is 0 Å².